The molecule has 3 N–H and O–H groups in total. The van der Waals surface area contributed by atoms with E-state index in [2.05, 4.69) is 10.5 Å². The summed E-state index contributed by atoms with van der Waals surface area (Å²) in [5.74, 6) is 0.120. The molecular formula is C22H21N3O3. The van der Waals surface area contributed by atoms with Crippen molar-refractivity contribution in [3.63, 3.8) is 0 Å². The molecule has 1 fully saturated rings. The Labute approximate surface area is 162 Å². The van der Waals surface area contributed by atoms with Crippen molar-refractivity contribution < 1.29 is 14.1 Å². The van der Waals surface area contributed by atoms with Crippen molar-refractivity contribution in [1.82, 2.24) is 10.5 Å². The minimum atomic E-state index is -0.465. The number of amides is 2. The number of carbonyl (C=O) groups is 2. The molecular weight excluding hydrogens is 354 g/mol. The third-order valence-electron chi connectivity index (χ3n) is 5.09. The van der Waals surface area contributed by atoms with Crippen LogP contribution in [-0.4, -0.2) is 22.5 Å². The van der Waals surface area contributed by atoms with Crippen molar-refractivity contribution in [3.05, 3.63) is 65.9 Å². The second kappa shape index (κ2) is 6.96. The van der Waals surface area contributed by atoms with Crippen molar-refractivity contribution in [2.45, 2.75) is 31.7 Å². The number of primary amides is 1. The van der Waals surface area contributed by atoms with E-state index in [1.807, 2.05) is 49.4 Å². The van der Waals surface area contributed by atoms with Crippen LogP contribution in [0.5, 0.6) is 0 Å². The van der Waals surface area contributed by atoms with E-state index in [0.717, 1.165) is 41.0 Å². The first-order valence-electron chi connectivity index (χ1n) is 9.20. The minimum Gasteiger partial charge on any atom is -0.370 e. The van der Waals surface area contributed by atoms with E-state index in [9.17, 15) is 9.59 Å². The molecule has 0 radical (unpaired) electrons. The summed E-state index contributed by atoms with van der Waals surface area (Å²) in [4.78, 5) is 23.7. The van der Waals surface area contributed by atoms with Gasteiger partial charge in [0, 0.05) is 23.1 Å². The highest BCUT2D eigenvalue weighted by Gasteiger charge is 2.45. The van der Waals surface area contributed by atoms with Crippen LogP contribution in [0.15, 0.2) is 59.1 Å². The van der Waals surface area contributed by atoms with Crippen LogP contribution in [0.4, 0.5) is 0 Å². The fourth-order valence-electron chi connectivity index (χ4n) is 3.44. The van der Waals surface area contributed by atoms with Gasteiger partial charge < -0.3 is 15.6 Å². The summed E-state index contributed by atoms with van der Waals surface area (Å²) in [6, 6.07) is 17.1. The van der Waals surface area contributed by atoms with Gasteiger partial charge in [-0.3, -0.25) is 9.59 Å². The molecule has 0 aliphatic heterocycles. The van der Waals surface area contributed by atoms with Crippen LogP contribution in [0, 0.1) is 6.92 Å². The van der Waals surface area contributed by atoms with E-state index in [0.29, 0.717) is 5.56 Å². The summed E-state index contributed by atoms with van der Waals surface area (Å²) >= 11 is 0. The molecule has 1 saturated carbocycles. The Hall–Kier alpha value is -3.41. The predicted octanol–water partition coefficient (Wildman–Crippen LogP) is 3.45. The lowest BCUT2D eigenvalue weighted by Crippen LogP contribution is -2.39. The lowest BCUT2D eigenvalue weighted by molar-refractivity contribution is -0.118. The van der Waals surface area contributed by atoms with E-state index in [1.165, 1.54) is 0 Å². The van der Waals surface area contributed by atoms with Crippen LogP contribution in [0.1, 0.15) is 35.4 Å². The third-order valence-corrected chi connectivity index (χ3v) is 5.09. The van der Waals surface area contributed by atoms with Gasteiger partial charge in [0.05, 0.1) is 5.56 Å². The minimum absolute atomic E-state index is 0.178. The SMILES string of the molecule is Cc1onc(-c2ccccc2)c1-c1ccc(C(=O)NC2(CC(N)=O)CC2)cc1. The van der Waals surface area contributed by atoms with Crippen molar-refractivity contribution in [2.24, 2.45) is 5.73 Å². The van der Waals surface area contributed by atoms with Gasteiger partial charge in [0.1, 0.15) is 11.5 Å². The Balaban J connectivity index is 1.57. The summed E-state index contributed by atoms with van der Waals surface area (Å²) in [5, 5.41) is 7.15. The van der Waals surface area contributed by atoms with Crippen molar-refractivity contribution in [2.75, 3.05) is 0 Å². The van der Waals surface area contributed by atoms with Gasteiger partial charge in [-0.05, 0) is 37.5 Å². The number of hydrogen-bond donors (Lipinski definition) is 2. The second-order valence-corrected chi connectivity index (χ2v) is 7.28. The zero-order valence-electron chi connectivity index (χ0n) is 15.6. The maximum absolute atomic E-state index is 12.5. The molecule has 2 aromatic carbocycles. The number of aryl methyl sites for hydroxylation is 1. The number of nitrogens with zero attached hydrogens (tertiary/aromatic N) is 1. The molecule has 3 aromatic rings. The average Bonchev–Trinajstić information content (AvgIpc) is 3.31. The number of hydrogen-bond acceptors (Lipinski definition) is 4. The Morgan fingerprint density at radius 3 is 2.36 bits per heavy atom. The number of nitrogens with one attached hydrogen (secondary N) is 1. The second-order valence-electron chi connectivity index (χ2n) is 7.28. The van der Waals surface area contributed by atoms with E-state index < -0.39 is 11.4 Å². The monoisotopic (exact) mass is 375 g/mol. The van der Waals surface area contributed by atoms with Gasteiger partial charge in [-0.2, -0.15) is 0 Å². The Morgan fingerprint density at radius 2 is 1.75 bits per heavy atom. The summed E-state index contributed by atoms with van der Waals surface area (Å²) in [5.41, 5.74) is 8.92. The van der Waals surface area contributed by atoms with Crippen molar-refractivity contribution in [1.29, 1.82) is 0 Å². The first-order chi connectivity index (χ1) is 13.5. The van der Waals surface area contributed by atoms with Gasteiger partial charge in [0.25, 0.3) is 5.91 Å². The van der Waals surface area contributed by atoms with Crippen LogP contribution in [0.2, 0.25) is 0 Å². The molecule has 1 aromatic heterocycles. The fourth-order valence-corrected chi connectivity index (χ4v) is 3.44. The van der Waals surface area contributed by atoms with E-state index >= 15 is 0 Å². The molecule has 0 saturated heterocycles. The Bertz CT molecular complexity index is 1020. The maximum Gasteiger partial charge on any atom is 0.251 e. The first-order valence-corrected chi connectivity index (χ1v) is 9.20. The number of carbonyl (C=O) groups excluding carboxylic acids is 2. The van der Waals surface area contributed by atoms with E-state index in [-0.39, 0.29) is 12.3 Å². The first kappa shape index (κ1) is 18.0. The summed E-state index contributed by atoms with van der Waals surface area (Å²) < 4.78 is 5.42. The van der Waals surface area contributed by atoms with Crippen molar-refractivity contribution >= 4 is 11.8 Å². The van der Waals surface area contributed by atoms with Gasteiger partial charge in [0.2, 0.25) is 5.91 Å². The van der Waals surface area contributed by atoms with Gasteiger partial charge in [-0.1, -0.05) is 47.6 Å². The topological polar surface area (TPSA) is 98.2 Å². The molecule has 0 unspecified atom stereocenters. The Kier molecular flexibility index (Phi) is 4.47. The number of rotatable bonds is 6. The highest BCUT2D eigenvalue weighted by atomic mass is 16.5. The molecule has 4 rings (SSSR count). The molecule has 6 nitrogen and oxygen atoms in total. The maximum atomic E-state index is 12.5. The van der Waals surface area contributed by atoms with Gasteiger partial charge >= 0.3 is 0 Å². The van der Waals surface area contributed by atoms with E-state index in [4.69, 9.17) is 10.3 Å². The standard InChI is InChI=1S/C22H21N3O3/c1-14-19(20(25-28-14)16-5-3-2-4-6-16)15-7-9-17(10-8-15)21(27)24-22(11-12-22)13-18(23)26/h2-10H,11-13H2,1H3,(H2,23,26)(H,24,27). The fraction of sp³-hybridized carbons (Fsp3) is 0.227. The lowest BCUT2D eigenvalue weighted by Gasteiger charge is -2.15. The van der Waals surface area contributed by atoms with Crippen LogP contribution < -0.4 is 11.1 Å². The van der Waals surface area contributed by atoms with Gasteiger partial charge in [-0.25, -0.2) is 0 Å². The van der Waals surface area contributed by atoms with Gasteiger partial charge in [-0.15, -0.1) is 0 Å². The molecule has 142 valence electrons. The molecule has 0 atom stereocenters. The zero-order chi connectivity index (χ0) is 19.7. The van der Waals surface area contributed by atoms with Crippen LogP contribution >= 0.6 is 0 Å². The number of nitrogens with two attached hydrogens (primary N) is 1. The van der Waals surface area contributed by atoms with E-state index in [1.54, 1.807) is 12.1 Å². The molecule has 1 heterocycles. The lowest BCUT2D eigenvalue weighted by atomic mass is 9.98. The quantitative estimate of drug-likeness (QED) is 0.689. The van der Waals surface area contributed by atoms with Crippen LogP contribution in [0.3, 0.4) is 0 Å². The Morgan fingerprint density at radius 1 is 1.07 bits per heavy atom. The third kappa shape index (κ3) is 3.53. The summed E-state index contributed by atoms with van der Waals surface area (Å²) in [7, 11) is 0. The largest absolute Gasteiger partial charge is 0.370 e. The average molecular weight is 375 g/mol. The molecule has 1 aliphatic carbocycles. The molecule has 0 bridgehead atoms. The normalized spacial score (nSPS) is 14.5. The molecule has 1 aliphatic rings. The number of benzene rings is 2. The van der Waals surface area contributed by atoms with Crippen LogP contribution in [0.25, 0.3) is 22.4 Å². The zero-order valence-corrected chi connectivity index (χ0v) is 15.6. The highest BCUT2D eigenvalue weighted by Crippen LogP contribution is 2.39. The molecule has 0 spiro atoms. The summed E-state index contributed by atoms with van der Waals surface area (Å²) in [6.07, 6.45) is 1.73. The van der Waals surface area contributed by atoms with Crippen molar-refractivity contribution in [3.8, 4) is 22.4 Å². The smallest absolute Gasteiger partial charge is 0.251 e. The van der Waals surface area contributed by atoms with Crippen LogP contribution in [-0.2, 0) is 4.79 Å². The molecule has 6 heteroatoms. The van der Waals surface area contributed by atoms with Gasteiger partial charge in [0.15, 0.2) is 0 Å². The number of aromatic nitrogens is 1. The summed E-state index contributed by atoms with van der Waals surface area (Å²) in [6.45, 7) is 1.87. The predicted molar refractivity (Wildman–Crippen MR) is 105 cm³/mol. The molecule has 28 heavy (non-hydrogen) atoms. The molecule has 2 amide bonds. The highest BCUT2D eigenvalue weighted by molar-refractivity contribution is 5.96.